The monoisotopic (exact) mass is 661 g/mol. The summed E-state index contributed by atoms with van der Waals surface area (Å²) >= 11 is 4.87. The Morgan fingerprint density at radius 2 is 1.91 bits per heavy atom. The molecule has 4 heteroatoms. The van der Waals surface area contributed by atoms with Gasteiger partial charge in [0.2, 0.25) is 0 Å². The zero-order chi connectivity index (χ0) is 16.7. The number of allylic oxidation sites excluding steroid dienone is 12. The van der Waals surface area contributed by atoms with Gasteiger partial charge in [0.15, 0.2) is 0 Å². The van der Waals surface area contributed by atoms with E-state index in [4.69, 9.17) is 0 Å². The van der Waals surface area contributed by atoms with E-state index in [1.807, 2.05) is 0 Å². The molecule has 1 unspecified atom stereocenters. The Hall–Kier alpha value is 0.683. The van der Waals surface area contributed by atoms with Crippen molar-refractivity contribution in [3.05, 3.63) is 67.7 Å². The molecule has 1 atom stereocenters. The molecule has 3 aliphatic rings. The van der Waals surface area contributed by atoms with Crippen molar-refractivity contribution >= 4 is 42.8 Å². The second-order valence-corrected chi connectivity index (χ2v) is 37.3. The molecule has 0 nitrogen and oxygen atoms in total. The average Bonchev–Trinajstić information content (AvgIpc) is 3.04. The molecular formula is C19H21Br2GeHf. The molecule has 0 heterocycles. The van der Waals surface area contributed by atoms with Crippen molar-refractivity contribution in [2.75, 3.05) is 0 Å². The fourth-order valence-corrected chi connectivity index (χ4v) is 18.2. The maximum absolute atomic E-state index is 3.98. The number of hydrogen-bond acceptors (Lipinski definition) is 0. The number of rotatable bonds is 2. The second-order valence-electron chi connectivity index (χ2n) is 6.49. The van der Waals surface area contributed by atoms with Crippen LogP contribution in [0.15, 0.2) is 67.7 Å². The van der Waals surface area contributed by atoms with E-state index in [1.165, 1.54) is 16.7 Å². The fraction of sp³-hybridized carbons (Fsp3) is 0.316. The summed E-state index contributed by atoms with van der Waals surface area (Å²) in [5.74, 6) is 5.51. The van der Waals surface area contributed by atoms with Crippen molar-refractivity contribution in [2.45, 2.75) is 31.8 Å². The fourth-order valence-electron chi connectivity index (χ4n) is 3.86. The molecule has 0 aromatic rings. The van der Waals surface area contributed by atoms with Crippen LogP contribution in [0.3, 0.4) is 0 Å². The first-order chi connectivity index (χ1) is 10.9. The van der Waals surface area contributed by atoms with Gasteiger partial charge in [-0.05, 0) is 0 Å². The van der Waals surface area contributed by atoms with Crippen LogP contribution in [0.1, 0.15) is 20.3 Å². The molecule has 0 aliphatic heterocycles. The van der Waals surface area contributed by atoms with Crippen molar-refractivity contribution in [1.29, 1.82) is 0 Å². The molecule has 0 aromatic carbocycles. The van der Waals surface area contributed by atoms with Crippen LogP contribution in [0.4, 0.5) is 0 Å². The van der Waals surface area contributed by atoms with Crippen LogP contribution >= 0.6 is 24.6 Å². The molecule has 0 N–H and O–H groups in total. The minimum atomic E-state index is -1.99. The Morgan fingerprint density at radius 3 is 2.48 bits per heavy atom. The molecule has 23 heavy (non-hydrogen) atoms. The van der Waals surface area contributed by atoms with Crippen LogP contribution in [0.5, 0.6) is 0 Å². The zero-order valence-electron chi connectivity index (χ0n) is 14.0. The van der Waals surface area contributed by atoms with Crippen molar-refractivity contribution < 1.29 is 16.8 Å². The Labute approximate surface area is 163 Å². The van der Waals surface area contributed by atoms with Crippen LogP contribution < -0.4 is 0 Å². The minimum absolute atomic E-state index is 0.555. The van der Waals surface area contributed by atoms with Crippen LogP contribution in [-0.4, -0.2) is 18.3 Å². The summed E-state index contributed by atoms with van der Waals surface area (Å²) < 4.78 is 3.32. The van der Waals surface area contributed by atoms with Crippen LogP contribution in [0.2, 0.25) is 11.5 Å². The quantitative estimate of drug-likeness (QED) is 0.304. The van der Waals surface area contributed by atoms with Crippen molar-refractivity contribution in [3.8, 4) is 0 Å². The number of halogens is 2. The Balaban J connectivity index is 2.26. The van der Waals surface area contributed by atoms with Crippen molar-refractivity contribution in [1.82, 2.24) is 0 Å². The third-order valence-corrected chi connectivity index (χ3v) is 18.7. The number of fused-ring (bicyclic) bond motifs is 1. The van der Waals surface area contributed by atoms with Crippen LogP contribution in [-0.2, 0) is 16.8 Å². The molecule has 0 spiro atoms. The molecule has 3 rings (SSSR count). The van der Waals surface area contributed by atoms with E-state index in [2.05, 4.69) is 86.4 Å². The Kier molecular flexibility index (Phi) is 6.03. The summed E-state index contributed by atoms with van der Waals surface area (Å²) in [6.07, 6.45) is 15.0. The van der Waals surface area contributed by atoms with Gasteiger partial charge in [0.25, 0.3) is 0 Å². The summed E-state index contributed by atoms with van der Waals surface area (Å²) in [7, 11) is 0. The zero-order valence-corrected chi connectivity index (χ0v) is 22.9. The molecule has 0 saturated heterocycles. The van der Waals surface area contributed by atoms with Gasteiger partial charge in [0, 0.05) is 0 Å². The predicted molar refractivity (Wildman–Crippen MR) is 108 cm³/mol. The van der Waals surface area contributed by atoms with Gasteiger partial charge in [0.05, 0.1) is 0 Å². The predicted octanol–water partition coefficient (Wildman–Crippen LogP) is 6.34. The van der Waals surface area contributed by atoms with Crippen molar-refractivity contribution in [2.24, 2.45) is 5.92 Å². The Morgan fingerprint density at radius 1 is 1.17 bits per heavy atom. The van der Waals surface area contributed by atoms with Gasteiger partial charge in [-0.2, -0.15) is 0 Å². The summed E-state index contributed by atoms with van der Waals surface area (Å²) in [5.41, 5.74) is 7.69. The summed E-state index contributed by atoms with van der Waals surface area (Å²) in [4.78, 5) is 0. The van der Waals surface area contributed by atoms with Crippen molar-refractivity contribution in [3.63, 3.8) is 0 Å². The Bertz CT molecular complexity index is 769. The summed E-state index contributed by atoms with van der Waals surface area (Å²) in [5, 5.41) is 0. The molecule has 0 amide bonds. The van der Waals surface area contributed by atoms with Gasteiger partial charge < -0.3 is 0 Å². The van der Waals surface area contributed by atoms with E-state index in [9.17, 15) is 0 Å². The standard InChI is InChI=1S/C19H21Ge.2BrH.Hf/c1-13-12-16-10-7-11-17(20(3)4)14(2)19(16)18(13)15-8-5-6-9-15;;;/h5-8,10-11,14H,9H2,1-4H3;2*1H;/q;;;+2/p-2. The molecule has 0 bridgehead atoms. The first kappa shape index (κ1) is 18.5. The molecule has 3 aliphatic carbocycles. The van der Waals surface area contributed by atoms with E-state index in [0.29, 0.717) is 5.92 Å². The van der Waals surface area contributed by atoms with Gasteiger partial charge in [0.1, 0.15) is 0 Å². The van der Waals surface area contributed by atoms with E-state index in [1.54, 1.807) is 18.8 Å². The molecule has 0 radical (unpaired) electrons. The molecule has 0 aromatic heterocycles. The first-order valence-electron chi connectivity index (χ1n) is 7.99. The van der Waals surface area contributed by atoms with Gasteiger partial charge in [-0.15, -0.1) is 0 Å². The van der Waals surface area contributed by atoms with E-state index >= 15 is 0 Å². The van der Waals surface area contributed by atoms with E-state index in [-0.39, 0.29) is 0 Å². The van der Waals surface area contributed by atoms with E-state index < -0.39 is 30.7 Å². The first-order valence-corrected chi connectivity index (χ1v) is 30.7. The SMILES string of the molecule is CC1=[C]([Hf]([Br])[Br])C2=CC=C[C](=[Ge]([CH3])[CH3])C(C)C2=C1C1=CC=CC1. The third kappa shape index (κ3) is 3.37. The summed E-state index contributed by atoms with van der Waals surface area (Å²) in [6, 6.07) is 0. The van der Waals surface area contributed by atoms with Gasteiger partial charge in [-0.1, -0.05) is 0 Å². The van der Waals surface area contributed by atoms with Gasteiger partial charge in [-0.25, -0.2) is 0 Å². The molecule has 0 saturated carbocycles. The number of hydrogen-bond donors (Lipinski definition) is 0. The topological polar surface area (TPSA) is 0 Å². The van der Waals surface area contributed by atoms with Crippen LogP contribution in [0.25, 0.3) is 0 Å². The molecule has 119 valence electrons. The van der Waals surface area contributed by atoms with E-state index in [0.717, 1.165) is 6.42 Å². The summed E-state index contributed by atoms with van der Waals surface area (Å²) in [6.45, 7) is 4.77. The molecule has 0 fully saturated rings. The average molecular weight is 660 g/mol. The normalized spacial score (nSPS) is 23.2. The molecular weight excluding hydrogens is 639 g/mol. The van der Waals surface area contributed by atoms with Gasteiger partial charge in [-0.3, -0.25) is 0 Å². The van der Waals surface area contributed by atoms with Crippen LogP contribution in [0, 0.1) is 5.92 Å². The van der Waals surface area contributed by atoms with Gasteiger partial charge >= 0.3 is 165 Å². The second kappa shape index (κ2) is 7.51. The maximum atomic E-state index is 3.98. The third-order valence-electron chi connectivity index (χ3n) is 4.88.